The number of aromatic nitrogens is 1. The number of rotatable bonds is 8. The average molecular weight is 602 g/mol. The molecule has 234 valence electrons. The van der Waals surface area contributed by atoms with Crippen molar-refractivity contribution in [3.8, 4) is 5.75 Å². The smallest absolute Gasteiger partial charge is 0.318 e. The number of benzene rings is 3. The van der Waals surface area contributed by atoms with Crippen molar-refractivity contribution < 1.29 is 18.7 Å². The normalized spacial score (nSPS) is 14.2. The number of nitrogens with one attached hydrogen (secondary N) is 2. The molecule has 3 aromatic carbocycles. The summed E-state index contributed by atoms with van der Waals surface area (Å²) in [6, 6.07) is 23.3. The molecule has 1 aromatic heterocycles. The van der Waals surface area contributed by atoms with E-state index in [2.05, 4.69) is 33.4 Å². The molecule has 0 spiro atoms. The number of hydrogen-bond donors (Lipinski definition) is 2. The zero-order valence-corrected chi connectivity index (χ0v) is 26.3. The predicted octanol–water partition coefficient (Wildman–Crippen LogP) is 6.30. The zero-order chi connectivity index (χ0) is 31.6. The first-order valence-electron chi connectivity index (χ1n) is 15.1. The molecule has 4 aromatic rings. The summed E-state index contributed by atoms with van der Waals surface area (Å²) < 4.78 is 19.0. The van der Waals surface area contributed by atoms with Gasteiger partial charge in [-0.25, -0.2) is 9.18 Å². The van der Waals surface area contributed by atoms with Gasteiger partial charge in [-0.05, 0) is 79.5 Å². The lowest BCUT2D eigenvalue weighted by Gasteiger charge is -2.34. The lowest BCUT2D eigenvalue weighted by Crippen LogP contribution is -2.55. The van der Waals surface area contributed by atoms with E-state index in [9.17, 15) is 14.0 Å². The van der Waals surface area contributed by atoms with Crippen molar-refractivity contribution in [3.63, 3.8) is 0 Å². The molecule has 0 saturated carbocycles. The molecule has 0 aliphatic carbocycles. The summed E-state index contributed by atoms with van der Waals surface area (Å²) >= 11 is 0. The van der Waals surface area contributed by atoms with Crippen molar-refractivity contribution in [2.75, 3.05) is 39.1 Å². The Morgan fingerprint density at radius 1 is 0.955 bits per heavy atom. The number of nitrogens with zero attached hydrogens (tertiary/aromatic N) is 3. The van der Waals surface area contributed by atoms with E-state index in [1.807, 2.05) is 70.5 Å². The van der Waals surface area contributed by atoms with Gasteiger partial charge < -0.3 is 29.7 Å². The Labute approximate surface area is 259 Å². The summed E-state index contributed by atoms with van der Waals surface area (Å²) in [5.41, 5.74) is 3.16. The molecule has 3 amide bonds. The van der Waals surface area contributed by atoms with Gasteiger partial charge in [-0.15, -0.1) is 0 Å². The number of aromatic amines is 1. The number of fused-ring (bicyclic) bond motifs is 1. The van der Waals surface area contributed by atoms with Crippen LogP contribution in [0, 0.1) is 11.7 Å². The number of likely N-dealkylation sites (N-methyl/N-ethyl adjacent to an activating group) is 1. The number of carbonyl (C=O) groups excluding carboxylic acids is 2. The van der Waals surface area contributed by atoms with Gasteiger partial charge in [0.25, 0.3) is 0 Å². The van der Waals surface area contributed by atoms with Crippen LogP contribution in [-0.2, 0) is 11.3 Å². The Morgan fingerprint density at radius 2 is 1.61 bits per heavy atom. The average Bonchev–Trinajstić information content (AvgIpc) is 3.50. The Bertz CT molecular complexity index is 1450. The van der Waals surface area contributed by atoms with E-state index in [4.69, 9.17) is 4.74 Å². The summed E-state index contributed by atoms with van der Waals surface area (Å²) in [4.78, 5) is 34.8. The van der Waals surface area contributed by atoms with E-state index in [1.54, 1.807) is 29.0 Å². The zero-order valence-electron chi connectivity index (χ0n) is 26.3. The van der Waals surface area contributed by atoms with Crippen LogP contribution in [0.3, 0.4) is 0 Å². The topological polar surface area (TPSA) is 80.9 Å². The van der Waals surface area contributed by atoms with Crippen LogP contribution >= 0.6 is 0 Å². The number of hydrogen-bond acceptors (Lipinski definition) is 4. The molecular formula is C35H44FN5O3. The highest BCUT2D eigenvalue weighted by molar-refractivity contribution is 5.98. The van der Waals surface area contributed by atoms with Crippen molar-refractivity contribution in [1.82, 2.24) is 20.1 Å². The third kappa shape index (κ3) is 9.07. The number of H-pyrrole nitrogens is 1. The maximum absolute atomic E-state index is 13.3. The maximum atomic E-state index is 13.3. The fraction of sp³-hybridized carbons (Fsp3) is 0.371. The van der Waals surface area contributed by atoms with Gasteiger partial charge in [-0.2, -0.15) is 0 Å². The summed E-state index contributed by atoms with van der Waals surface area (Å²) in [6.45, 7) is 5.74. The number of para-hydroxylation sites is 1. The van der Waals surface area contributed by atoms with Crippen molar-refractivity contribution >= 4 is 28.5 Å². The number of amides is 3. The van der Waals surface area contributed by atoms with Crippen molar-refractivity contribution in [2.45, 2.75) is 45.4 Å². The number of ether oxygens (including phenoxy) is 1. The molecule has 44 heavy (non-hydrogen) atoms. The molecule has 0 radical (unpaired) electrons. The molecule has 1 aliphatic rings. The minimum absolute atomic E-state index is 0.0337. The first-order valence-corrected chi connectivity index (χ1v) is 15.1. The van der Waals surface area contributed by atoms with Gasteiger partial charge in [0.2, 0.25) is 5.91 Å². The van der Waals surface area contributed by atoms with E-state index in [-0.39, 0.29) is 29.8 Å². The Morgan fingerprint density at radius 3 is 2.23 bits per heavy atom. The van der Waals surface area contributed by atoms with Crippen LogP contribution in [0.25, 0.3) is 10.9 Å². The second kappa shape index (κ2) is 15.4. The minimum atomic E-state index is -0.637. The van der Waals surface area contributed by atoms with Gasteiger partial charge in [0.05, 0.1) is 0 Å². The quantitative estimate of drug-likeness (QED) is 0.249. The number of piperidine rings is 1. The molecule has 1 aliphatic heterocycles. The number of likely N-dealkylation sites (tertiary alicyclic amines) is 1. The number of carbonyl (C=O) groups is 2. The standard InChI is InChI=1S/C27H37FN4O3.C8H7N/c1-19(2)25(26(33)31(5)22-10-6-20(7-11-22)18-30(3)4)29-27(34)32-16-14-24(15-17-32)35-23-12-8-21(28)9-13-23;1-2-4-8-7(3-1)5-6-9-8/h6-13,19,24-25H,14-18H2,1-5H3,(H,29,34);1-6,9H. The van der Waals surface area contributed by atoms with Crippen molar-refractivity contribution in [1.29, 1.82) is 0 Å². The largest absolute Gasteiger partial charge is 0.490 e. The van der Waals surface area contributed by atoms with E-state index in [0.717, 1.165) is 12.2 Å². The lowest BCUT2D eigenvalue weighted by atomic mass is 10.0. The SMILES string of the molecule is CC(C)C(NC(=O)N1CCC(Oc2ccc(F)cc2)CC1)C(=O)N(C)c1ccc(CN(C)C)cc1.c1ccc2[nH]ccc2c1. The number of anilines is 1. The molecule has 1 saturated heterocycles. The molecule has 8 nitrogen and oxygen atoms in total. The fourth-order valence-corrected chi connectivity index (χ4v) is 5.14. The van der Waals surface area contributed by atoms with Gasteiger partial charge >= 0.3 is 6.03 Å². The van der Waals surface area contributed by atoms with Crippen LogP contribution < -0.4 is 15.0 Å². The highest BCUT2D eigenvalue weighted by atomic mass is 19.1. The third-order valence-electron chi connectivity index (χ3n) is 7.67. The van der Waals surface area contributed by atoms with Gasteiger partial charge in [0.15, 0.2) is 0 Å². The van der Waals surface area contributed by atoms with Crippen LogP contribution in [0.15, 0.2) is 85.1 Å². The van der Waals surface area contributed by atoms with E-state index >= 15 is 0 Å². The molecule has 0 bridgehead atoms. The summed E-state index contributed by atoms with van der Waals surface area (Å²) in [6.07, 6.45) is 3.26. The van der Waals surface area contributed by atoms with E-state index in [1.165, 1.54) is 28.6 Å². The molecule has 2 N–H and O–H groups in total. The highest BCUT2D eigenvalue weighted by Gasteiger charge is 2.31. The summed E-state index contributed by atoms with van der Waals surface area (Å²) in [5.74, 6) is 0.104. The second-order valence-electron chi connectivity index (χ2n) is 11.8. The number of urea groups is 1. The molecule has 9 heteroatoms. The van der Waals surface area contributed by atoms with Crippen LogP contribution in [-0.4, -0.2) is 73.1 Å². The van der Waals surface area contributed by atoms with Gasteiger partial charge in [0.1, 0.15) is 23.7 Å². The van der Waals surface area contributed by atoms with Crippen molar-refractivity contribution in [3.05, 3.63) is 96.4 Å². The fourth-order valence-electron chi connectivity index (χ4n) is 5.14. The molecule has 1 atom stereocenters. The Hall–Kier alpha value is -4.37. The van der Waals surface area contributed by atoms with Crippen LogP contribution in [0.5, 0.6) is 5.75 Å². The second-order valence-corrected chi connectivity index (χ2v) is 11.8. The highest BCUT2D eigenvalue weighted by Crippen LogP contribution is 2.21. The Kier molecular flexibility index (Phi) is 11.4. The Balaban J connectivity index is 0.000000413. The molecule has 1 unspecified atom stereocenters. The van der Waals surface area contributed by atoms with E-state index < -0.39 is 6.04 Å². The number of halogens is 1. The molecular weight excluding hydrogens is 557 g/mol. The van der Waals surface area contributed by atoms with Gasteiger partial charge in [0, 0.05) is 56.9 Å². The minimum Gasteiger partial charge on any atom is -0.490 e. The molecule has 1 fully saturated rings. The predicted molar refractivity (Wildman–Crippen MR) is 174 cm³/mol. The van der Waals surface area contributed by atoms with Crippen LogP contribution in [0.1, 0.15) is 32.3 Å². The molecule has 2 heterocycles. The summed E-state index contributed by atoms with van der Waals surface area (Å²) in [5, 5.41) is 4.23. The molecule has 5 rings (SSSR count). The van der Waals surface area contributed by atoms with E-state index in [0.29, 0.717) is 31.7 Å². The van der Waals surface area contributed by atoms with Crippen LogP contribution in [0.4, 0.5) is 14.9 Å². The third-order valence-corrected chi connectivity index (χ3v) is 7.67. The first kappa shape index (κ1) is 32.5. The van der Waals surface area contributed by atoms with Gasteiger partial charge in [-0.3, -0.25) is 4.79 Å². The van der Waals surface area contributed by atoms with Crippen molar-refractivity contribution in [2.24, 2.45) is 5.92 Å². The summed E-state index contributed by atoms with van der Waals surface area (Å²) in [7, 11) is 5.77. The van der Waals surface area contributed by atoms with Gasteiger partial charge in [-0.1, -0.05) is 44.2 Å². The first-order chi connectivity index (χ1) is 21.1. The lowest BCUT2D eigenvalue weighted by molar-refractivity contribution is -0.121. The monoisotopic (exact) mass is 601 g/mol. The maximum Gasteiger partial charge on any atom is 0.318 e. The van der Waals surface area contributed by atoms with Crippen LogP contribution in [0.2, 0.25) is 0 Å².